The molecular formula is C13H17N3O3S. The quantitative estimate of drug-likeness (QED) is 0.870. The van der Waals surface area contributed by atoms with Crippen LogP contribution in [0.5, 0.6) is 0 Å². The Morgan fingerprint density at radius 3 is 2.75 bits per heavy atom. The van der Waals surface area contributed by atoms with Crippen molar-refractivity contribution in [2.75, 3.05) is 0 Å². The zero-order chi connectivity index (χ0) is 14.8. The largest absolute Gasteiger partial charge is 0.464 e. The second-order valence-corrected chi connectivity index (χ2v) is 6.12. The summed E-state index contributed by atoms with van der Waals surface area (Å²) in [5.41, 5.74) is 6.10. The molecule has 7 heteroatoms. The van der Waals surface area contributed by atoms with E-state index in [9.17, 15) is 8.42 Å². The van der Waals surface area contributed by atoms with Crippen LogP contribution in [0.1, 0.15) is 30.2 Å². The molecule has 2 rings (SSSR count). The lowest BCUT2D eigenvalue weighted by Crippen LogP contribution is -2.27. The summed E-state index contributed by atoms with van der Waals surface area (Å²) in [6.07, 6.45) is 1.62. The lowest BCUT2D eigenvalue weighted by Gasteiger charge is -2.13. The average Bonchev–Trinajstić information content (AvgIpc) is 2.81. The second kappa shape index (κ2) is 5.74. The number of furan rings is 1. The molecule has 0 radical (unpaired) electrons. The van der Waals surface area contributed by atoms with Crippen LogP contribution in [-0.4, -0.2) is 13.4 Å². The van der Waals surface area contributed by atoms with E-state index in [4.69, 9.17) is 10.2 Å². The minimum atomic E-state index is -3.67. The molecule has 1 atom stereocenters. The fourth-order valence-electron chi connectivity index (χ4n) is 1.88. The molecule has 0 saturated heterocycles. The standard InChI is InChI=1S/C13H17N3O3S/c1-9(12-5-3-4-6-15-12)16-20(17,18)13-7-11(8-14)19-10(13)2/h3-7,9,16H,8,14H2,1-2H3. The third-order valence-electron chi connectivity index (χ3n) is 2.88. The molecule has 0 aliphatic rings. The van der Waals surface area contributed by atoms with E-state index < -0.39 is 16.1 Å². The van der Waals surface area contributed by atoms with Crippen molar-refractivity contribution in [1.82, 2.24) is 9.71 Å². The number of aryl methyl sites for hydroxylation is 1. The minimum Gasteiger partial charge on any atom is -0.464 e. The van der Waals surface area contributed by atoms with Crippen LogP contribution in [0.25, 0.3) is 0 Å². The topological polar surface area (TPSA) is 98.2 Å². The van der Waals surface area contributed by atoms with Gasteiger partial charge in [-0.3, -0.25) is 4.98 Å². The summed E-state index contributed by atoms with van der Waals surface area (Å²) in [7, 11) is -3.67. The maximum absolute atomic E-state index is 12.3. The minimum absolute atomic E-state index is 0.112. The van der Waals surface area contributed by atoms with Crippen molar-refractivity contribution >= 4 is 10.0 Å². The molecule has 1 unspecified atom stereocenters. The van der Waals surface area contributed by atoms with Crippen molar-refractivity contribution < 1.29 is 12.8 Å². The molecule has 0 bridgehead atoms. The Hall–Kier alpha value is -1.70. The van der Waals surface area contributed by atoms with E-state index in [1.807, 2.05) is 6.07 Å². The van der Waals surface area contributed by atoms with Crippen molar-refractivity contribution in [2.24, 2.45) is 5.73 Å². The van der Waals surface area contributed by atoms with Crippen LogP contribution < -0.4 is 10.5 Å². The van der Waals surface area contributed by atoms with E-state index in [2.05, 4.69) is 9.71 Å². The van der Waals surface area contributed by atoms with Gasteiger partial charge in [0, 0.05) is 12.3 Å². The van der Waals surface area contributed by atoms with Crippen molar-refractivity contribution in [3.63, 3.8) is 0 Å². The number of pyridine rings is 1. The summed E-state index contributed by atoms with van der Waals surface area (Å²) in [5, 5.41) is 0. The van der Waals surface area contributed by atoms with Crippen LogP contribution in [-0.2, 0) is 16.6 Å². The molecule has 2 aromatic heterocycles. The summed E-state index contributed by atoms with van der Waals surface area (Å²) in [4.78, 5) is 4.24. The molecular weight excluding hydrogens is 278 g/mol. The van der Waals surface area contributed by atoms with E-state index in [-0.39, 0.29) is 11.4 Å². The summed E-state index contributed by atoms with van der Waals surface area (Å²) in [6.45, 7) is 3.49. The maximum atomic E-state index is 12.3. The third-order valence-corrected chi connectivity index (χ3v) is 4.53. The van der Waals surface area contributed by atoms with Gasteiger partial charge in [0.25, 0.3) is 0 Å². The van der Waals surface area contributed by atoms with Crippen LogP contribution in [0.15, 0.2) is 39.8 Å². The Kier molecular flexibility index (Phi) is 4.22. The Balaban J connectivity index is 2.25. The summed E-state index contributed by atoms with van der Waals surface area (Å²) in [5.74, 6) is 0.763. The van der Waals surface area contributed by atoms with E-state index in [1.54, 1.807) is 32.2 Å². The highest BCUT2D eigenvalue weighted by Gasteiger charge is 2.24. The summed E-state index contributed by atoms with van der Waals surface area (Å²) in [6, 6.07) is 6.36. The van der Waals surface area contributed by atoms with Crippen LogP contribution >= 0.6 is 0 Å². The number of nitrogens with one attached hydrogen (secondary N) is 1. The summed E-state index contributed by atoms with van der Waals surface area (Å²) >= 11 is 0. The van der Waals surface area contributed by atoms with E-state index in [1.165, 1.54) is 6.07 Å². The Morgan fingerprint density at radius 1 is 1.45 bits per heavy atom. The fourth-order valence-corrected chi connectivity index (χ4v) is 3.30. The first-order valence-electron chi connectivity index (χ1n) is 6.16. The predicted octanol–water partition coefficient (Wildman–Crippen LogP) is 1.48. The first kappa shape index (κ1) is 14.7. The molecule has 108 valence electrons. The highest BCUT2D eigenvalue weighted by Crippen LogP contribution is 2.21. The number of aromatic nitrogens is 1. The Morgan fingerprint density at radius 2 is 2.20 bits per heavy atom. The van der Waals surface area contributed by atoms with Gasteiger partial charge in [0.2, 0.25) is 10.0 Å². The van der Waals surface area contributed by atoms with Gasteiger partial charge in [0.15, 0.2) is 0 Å². The number of nitrogens with two attached hydrogens (primary N) is 1. The van der Waals surface area contributed by atoms with Crippen LogP contribution in [0.3, 0.4) is 0 Å². The normalized spacial score (nSPS) is 13.3. The first-order valence-corrected chi connectivity index (χ1v) is 7.65. The number of nitrogens with zero attached hydrogens (tertiary/aromatic N) is 1. The maximum Gasteiger partial charge on any atom is 0.244 e. The van der Waals surface area contributed by atoms with Crippen LogP contribution in [0, 0.1) is 6.92 Å². The molecule has 6 nitrogen and oxygen atoms in total. The van der Waals surface area contributed by atoms with Crippen molar-refractivity contribution in [2.45, 2.75) is 31.3 Å². The zero-order valence-electron chi connectivity index (χ0n) is 11.3. The van der Waals surface area contributed by atoms with Crippen LogP contribution in [0.2, 0.25) is 0 Å². The predicted molar refractivity (Wildman–Crippen MR) is 74.3 cm³/mol. The summed E-state index contributed by atoms with van der Waals surface area (Å²) < 4.78 is 32.5. The second-order valence-electron chi connectivity index (χ2n) is 4.43. The van der Waals surface area contributed by atoms with Gasteiger partial charge in [-0.2, -0.15) is 0 Å². The smallest absolute Gasteiger partial charge is 0.244 e. The molecule has 0 saturated carbocycles. The van der Waals surface area contributed by atoms with Gasteiger partial charge in [0.05, 0.1) is 18.3 Å². The van der Waals surface area contributed by atoms with Crippen molar-refractivity contribution in [1.29, 1.82) is 0 Å². The highest BCUT2D eigenvalue weighted by molar-refractivity contribution is 7.89. The molecule has 0 aliphatic heterocycles. The van der Waals surface area contributed by atoms with E-state index in [0.717, 1.165) is 0 Å². The monoisotopic (exact) mass is 295 g/mol. The van der Waals surface area contributed by atoms with Crippen molar-refractivity contribution in [3.8, 4) is 0 Å². The molecule has 20 heavy (non-hydrogen) atoms. The molecule has 2 aromatic rings. The van der Waals surface area contributed by atoms with Gasteiger partial charge < -0.3 is 10.2 Å². The average molecular weight is 295 g/mol. The molecule has 3 N–H and O–H groups in total. The first-order chi connectivity index (χ1) is 9.44. The molecule has 0 spiro atoms. The molecule has 0 fully saturated rings. The van der Waals surface area contributed by atoms with E-state index in [0.29, 0.717) is 17.2 Å². The lowest BCUT2D eigenvalue weighted by atomic mass is 10.2. The fraction of sp³-hybridized carbons (Fsp3) is 0.308. The van der Waals surface area contributed by atoms with Gasteiger partial charge in [-0.05, 0) is 26.0 Å². The molecule has 0 aromatic carbocycles. The van der Waals surface area contributed by atoms with Gasteiger partial charge in [-0.25, -0.2) is 13.1 Å². The SMILES string of the molecule is Cc1oc(CN)cc1S(=O)(=O)NC(C)c1ccccn1. The molecule has 2 heterocycles. The molecule has 0 aliphatic carbocycles. The van der Waals surface area contributed by atoms with Gasteiger partial charge in [-0.1, -0.05) is 6.07 Å². The number of sulfonamides is 1. The van der Waals surface area contributed by atoms with Crippen molar-refractivity contribution in [3.05, 3.63) is 47.7 Å². The van der Waals surface area contributed by atoms with E-state index >= 15 is 0 Å². The van der Waals surface area contributed by atoms with Gasteiger partial charge >= 0.3 is 0 Å². The zero-order valence-corrected chi connectivity index (χ0v) is 12.1. The van der Waals surface area contributed by atoms with Gasteiger partial charge in [0.1, 0.15) is 16.4 Å². The Labute approximate surface area is 118 Å². The van der Waals surface area contributed by atoms with Crippen LogP contribution in [0.4, 0.5) is 0 Å². The van der Waals surface area contributed by atoms with Gasteiger partial charge in [-0.15, -0.1) is 0 Å². The number of rotatable bonds is 5. The number of hydrogen-bond acceptors (Lipinski definition) is 5. The third kappa shape index (κ3) is 3.06. The Bertz CT molecular complexity index is 680. The molecule has 0 amide bonds. The lowest BCUT2D eigenvalue weighted by molar-refractivity contribution is 0.478. The highest BCUT2D eigenvalue weighted by atomic mass is 32.2. The number of hydrogen-bond donors (Lipinski definition) is 2.